The van der Waals surface area contributed by atoms with Crippen LogP contribution in [-0.4, -0.2) is 14.8 Å². The highest BCUT2D eigenvalue weighted by atomic mass is 79.9. The van der Waals surface area contributed by atoms with Gasteiger partial charge in [0.2, 0.25) is 11.0 Å². The number of halogens is 1. The first kappa shape index (κ1) is 21.2. The molecule has 0 aliphatic carbocycles. The van der Waals surface area contributed by atoms with Crippen molar-refractivity contribution in [2.75, 3.05) is 5.32 Å². The van der Waals surface area contributed by atoms with Gasteiger partial charge in [0, 0.05) is 15.5 Å². The number of azo groups is 1. The lowest BCUT2D eigenvalue weighted by molar-refractivity contribution is 0.429. The van der Waals surface area contributed by atoms with Crippen LogP contribution >= 0.6 is 28.1 Å². The molecule has 0 radical (unpaired) electrons. The van der Waals surface area contributed by atoms with Crippen LogP contribution < -0.4 is 5.32 Å². The minimum Gasteiger partial charge on any atom is -0.493 e. The number of aryl methyl sites for hydroxylation is 2. The Morgan fingerprint density at radius 3 is 2.55 bits per heavy atom. The second-order valence-electron chi connectivity index (χ2n) is 7.41. The lowest BCUT2D eigenvalue weighted by atomic mass is 10.1. The predicted molar refractivity (Wildman–Crippen MR) is 133 cm³/mol. The van der Waals surface area contributed by atoms with Gasteiger partial charge in [0.15, 0.2) is 5.69 Å². The first-order valence-corrected chi connectivity index (χ1v) is 11.0. The SMILES string of the molecule is Cc1ccc(Cn2c(O)c(N=NC(=S)Nc3cccc(C)c3)c3cc(Br)ccc32)cc1. The van der Waals surface area contributed by atoms with Crippen LogP contribution in [0.25, 0.3) is 10.9 Å². The normalized spacial score (nSPS) is 11.3. The molecule has 4 aromatic rings. The highest BCUT2D eigenvalue weighted by molar-refractivity contribution is 9.10. The molecule has 0 saturated carbocycles. The molecule has 156 valence electrons. The van der Waals surface area contributed by atoms with Gasteiger partial charge in [-0.15, -0.1) is 10.2 Å². The van der Waals surface area contributed by atoms with Crippen LogP contribution in [0.3, 0.4) is 0 Å². The number of rotatable bonds is 4. The summed E-state index contributed by atoms with van der Waals surface area (Å²) in [4.78, 5) is 0. The third kappa shape index (κ3) is 4.84. The van der Waals surface area contributed by atoms with E-state index < -0.39 is 0 Å². The third-order valence-electron chi connectivity index (χ3n) is 4.94. The molecule has 0 aliphatic heterocycles. The summed E-state index contributed by atoms with van der Waals surface area (Å²) in [5, 5.41) is 23.5. The van der Waals surface area contributed by atoms with Gasteiger partial charge in [-0.25, -0.2) is 0 Å². The van der Waals surface area contributed by atoms with Crippen LogP contribution in [0.4, 0.5) is 11.4 Å². The summed E-state index contributed by atoms with van der Waals surface area (Å²) in [5.74, 6) is 0.0516. The molecule has 3 aromatic carbocycles. The fourth-order valence-corrected chi connectivity index (χ4v) is 3.92. The minimum absolute atomic E-state index is 0.0516. The van der Waals surface area contributed by atoms with Crippen molar-refractivity contribution in [3.05, 3.63) is 87.9 Å². The maximum absolute atomic E-state index is 11.0. The van der Waals surface area contributed by atoms with Gasteiger partial charge in [0.05, 0.1) is 12.1 Å². The van der Waals surface area contributed by atoms with E-state index in [2.05, 4.69) is 62.7 Å². The molecule has 0 bridgehead atoms. The van der Waals surface area contributed by atoms with E-state index in [-0.39, 0.29) is 11.0 Å². The highest BCUT2D eigenvalue weighted by Gasteiger charge is 2.17. The summed E-state index contributed by atoms with van der Waals surface area (Å²) in [5.41, 5.74) is 5.49. The van der Waals surface area contributed by atoms with E-state index in [1.54, 1.807) is 0 Å². The molecule has 1 aromatic heterocycles. The molecular weight excluding hydrogens is 472 g/mol. The van der Waals surface area contributed by atoms with Crippen LogP contribution in [0.15, 0.2) is 81.4 Å². The van der Waals surface area contributed by atoms with Crippen LogP contribution in [0.2, 0.25) is 0 Å². The number of hydrogen-bond acceptors (Lipinski definition) is 3. The van der Waals surface area contributed by atoms with E-state index in [0.29, 0.717) is 12.2 Å². The second-order valence-corrected chi connectivity index (χ2v) is 8.71. The van der Waals surface area contributed by atoms with Gasteiger partial charge >= 0.3 is 0 Å². The fraction of sp³-hybridized carbons (Fsp3) is 0.125. The molecule has 2 N–H and O–H groups in total. The van der Waals surface area contributed by atoms with Crippen LogP contribution in [-0.2, 0) is 6.54 Å². The minimum atomic E-state index is 0.0516. The Hall–Kier alpha value is -3.03. The Morgan fingerprint density at radius 2 is 1.81 bits per heavy atom. The van der Waals surface area contributed by atoms with E-state index in [1.165, 1.54) is 5.56 Å². The molecule has 1 heterocycles. The molecule has 0 unspecified atom stereocenters. The Bertz CT molecular complexity index is 1300. The number of aromatic hydroxyl groups is 1. The van der Waals surface area contributed by atoms with Gasteiger partial charge < -0.3 is 15.0 Å². The summed E-state index contributed by atoms with van der Waals surface area (Å²) in [7, 11) is 0. The fourth-order valence-electron chi connectivity index (χ4n) is 3.40. The molecule has 0 fully saturated rings. The number of nitrogens with one attached hydrogen (secondary N) is 1. The largest absolute Gasteiger partial charge is 0.493 e. The topological polar surface area (TPSA) is 61.9 Å². The third-order valence-corrected chi connectivity index (χ3v) is 5.62. The number of fused-ring (bicyclic) bond motifs is 1. The number of aromatic nitrogens is 1. The Labute approximate surface area is 194 Å². The van der Waals surface area contributed by atoms with E-state index >= 15 is 0 Å². The van der Waals surface area contributed by atoms with Gasteiger partial charge in [-0.2, -0.15) is 0 Å². The zero-order chi connectivity index (χ0) is 22.0. The van der Waals surface area contributed by atoms with E-state index in [1.807, 2.05) is 54.0 Å². The van der Waals surface area contributed by atoms with E-state index in [0.717, 1.165) is 32.2 Å². The standard InChI is InChI=1S/C24H21BrN4OS/c1-15-6-8-17(9-7-15)14-29-21-11-10-18(25)13-20(21)22(23(29)30)27-28-24(31)26-19-5-3-4-16(2)12-19/h3-13,30H,14H2,1-2H3,(H,26,31). The van der Waals surface area contributed by atoms with Crippen molar-refractivity contribution in [2.45, 2.75) is 20.4 Å². The molecule has 31 heavy (non-hydrogen) atoms. The van der Waals surface area contributed by atoms with Gasteiger partial charge in [0.25, 0.3) is 0 Å². The molecule has 0 atom stereocenters. The molecular formula is C24H21BrN4OS. The van der Waals surface area contributed by atoms with Crippen molar-refractivity contribution < 1.29 is 5.11 Å². The molecule has 0 aliphatic rings. The van der Waals surface area contributed by atoms with Crippen molar-refractivity contribution in [1.29, 1.82) is 0 Å². The van der Waals surface area contributed by atoms with Crippen LogP contribution in [0.5, 0.6) is 5.88 Å². The summed E-state index contributed by atoms with van der Waals surface area (Å²) < 4.78 is 2.72. The molecule has 4 rings (SSSR count). The average molecular weight is 493 g/mol. The molecule has 0 amide bonds. The maximum atomic E-state index is 11.0. The van der Waals surface area contributed by atoms with Crippen molar-refractivity contribution in [3.63, 3.8) is 0 Å². The highest BCUT2D eigenvalue weighted by Crippen LogP contribution is 2.40. The van der Waals surface area contributed by atoms with Crippen molar-refractivity contribution in [2.24, 2.45) is 10.2 Å². The second kappa shape index (κ2) is 8.99. The predicted octanol–water partition coefficient (Wildman–Crippen LogP) is 7.26. The van der Waals surface area contributed by atoms with Crippen molar-refractivity contribution in [1.82, 2.24) is 4.57 Å². The first-order chi connectivity index (χ1) is 14.9. The summed E-state index contributed by atoms with van der Waals surface area (Å²) in [6.07, 6.45) is 0. The van der Waals surface area contributed by atoms with Crippen LogP contribution in [0, 0.1) is 13.8 Å². The van der Waals surface area contributed by atoms with Gasteiger partial charge in [0.1, 0.15) is 0 Å². The van der Waals surface area contributed by atoms with Crippen molar-refractivity contribution >= 4 is 55.5 Å². The molecule has 7 heteroatoms. The van der Waals surface area contributed by atoms with E-state index in [9.17, 15) is 5.11 Å². The van der Waals surface area contributed by atoms with Gasteiger partial charge in [-0.1, -0.05) is 57.9 Å². The smallest absolute Gasteiger partial charge is 0.221 e. The Balaban J connectivity index is 1.67. The summed E-state index contributed by atoms with van der Waals surface area (Å²) >= 11 is 8.83. The number of hydrogen-bond donors (Lipinski definition) is 2. The lowest BCUT2D eigenvalue weighted by Gasteiger charge is -2.07. The average Bonchev–Trinajstić information content (AvgIpc) is 2.98. The quantitative estimate of drug-likeness (QED) is 0.232. The maximum Gasteiger partial charge on any atom is 0.221 e. The monoisotopic (exact) mass is 492 g/mol. The molecule has 0 saturated heterocycles. The Morgan fingerprint density at radius 1 is 1.03 bits per heavy atom. The number of nitrogens with zero attached hydrogens (tertiary/aromatic N) is 3. The Kier molecular flexibility index (Phi) is 6.15. The van der Waals surface area contributed by atoms with E-state index in [4.69, 9.17) is 12.2 Å². The van der Waals surface area contributed by atoms with Gasteiger partial charge in [-0.05, 0) is 67.5 Å². The number of thiocarbonyl (C=S) groups is 1. The van der Waals surface area contributed by atoms with Crippen molar-refractivity contribution in [3.8, 4) is 5.88 Å². The molecule has 5 nitrogen and oxygen atoms in total. The summed E-state index contributed by atoms with van der Waals surface area (Å²) in [6, 6.07) is 21.9. The summed E-state index contributed by atoms with van der Waals surface area (Å²) in [6.45, 7) is 4.58. The van der Waals surface area contributed by atoms with Gasteiger partial charge in [-0.3, -0.25) is 0 Å². The number of benzene rings is 3. The first-order valence-electron chi connectivity index (χ1n) is 9.76. The zero-order valence-electron chi connectivity index (χ0n) is 17.1. The molecule has 0 spiro atoms. The number of anilines is 1. The zero-order valence-corrected chi connectivity index (χ0v) is 19.5. The lowest BCUT2D eigenvalue weighted by Crippen LogP contribution is -2.04. The van der Waals surface area contributed by atoms with Crippen LogP contribution in [0.1, 0.15) is 16.7 Å².